The Balaban J connectivity index is -0.000000492. The molecule has 0 spiro atoms. The van der Waals surface area contributed by atoms with Crippen molar-refractivity contribution < 1.29 is 57.0 Å². The molecule has 1 N–H and O–H groups in total. The fourth-order valence-electron chi connectivity index (χ4n) is 3.21. The van der Waals surface area contributed by atoms with Crippen LogP contribution in [-0.2, 0) is 47.4 Å². The minimum absolute atomic E-state index is 0. The highest BCUT2D eigenvalue weighted by atomic mass is 16.6. The van der Waals surface area contributed by atoms with Crippen molar-refractivity contribution in [2.24, 2.45) is 0 Å². The molecule has 0 radical (unpaired) electrons. The largest absolute Gasteiger partial charge is 0.444 e. The van der Waals surface area contributed by atoms with E-state index in [0.29, 0.717) is 106 Å². The van der Waals surface area contributed by atoms with Crippen LogP contribution < -0.4 is 5.32 Å². The average molecular weight is 760 g/mol. The van der Waals surface area contributed by atoms with Crippen molar-refractivity contribution in [2.75, 3.05) is 146 Å². The van der Waals surface area contributed by atoms with E-state index in [1.165, 1.54) is 16.2 Å². The summed E-state index contributed by atoms with van der Waals surface area (Å²) in [5.41, 5.74) is -1.01. The van der Waals surface area contributed by atoms with Crippen LogP contribution in [0.2, 0.25) is 0 Å². The molecule has 2 amide bonds. The Kier molecular flexibility index (Phi) is 42.6. The smallest absolute Gasteiger partial charge is 0.410 e. The van der Waals surface area contributed by atoms with Gasteiger partial charge < -0.3 is 62.5 Å². The molecule has 0 rings (SSSR count). The molecule has 0 aromatic rings. The van der Waals surface area contributed by atoms with Crippen LogP contribution in [0.15, 0.2) is 0 Å². The molecule has 316 valence electrons. The summed E-state index contributed by atoms with van der Waals surface area (Å²) < 4.78 is 53.6. The molecule has 0 aromatic heterocycles. The molecule has 0 atom stereocenters. The van der Waals surface area contributed by atoms with Gasteiger partial charge in [0, 0.05) is 40.3 Å². The van der Waals surface area contributed by atoms with Gasteiger partial charge in [0.1, 0.15) is 11.2 Å². The van der Waals surface area contributed by atoms with Crippen molar-refractivity contribution in [3.63, 3.8) is 0 Å². The first-order valence-corrected chi connectivity index (χ1v) is 17.9. The van der Waals surface area contributed by atoms with E-state index in [4.69, 9.17) is 47.4 Å². The van der Waals surface area contributed by atoms with Gasteiger partial charge in [-0.15, -0.1) is 0 Å². The number of ether oxygens (including phenoxy) is 10. The maximum atomic E-state index is 11.8. The summed E-state index contributed by atoms with van der Waals surface area (Å²) >= 11 is 0. The van der Waals surface area contributed by atoms with Gasteiger partial charge in [0.15, 0.2) is 0 Å². The van der Waals surface area contributed by atoms with E-state index in [2.05, 4.69) is 12.2 Å². The van der Waals surface area contributed by atoms with E-state index in [1.54, 1.807) is 14.1 Å². The van der Waals surface area contributed by atoms with E-state index in [9.17, 15) is 9.59 Å². The number of carbonyl (C=O) groups excluding carboxylic acids is 2. The number of unbranched alkanes of at least 4 members (excludes halogenated alkanes) is 1. The summed E-state index contributed by atoms with van der Waals surface area (Å²) in [6.45, 7) is 23.8. The summed E-state index contributed by atoms with van der Waals surface area (Å²) in [4.78, 5) is 26.5. The van der Waals surface area contributed by atoms with Crippen molar-refractivity contribution in [2.45, 2.75) is 87.4 Å². The van der Waals surface area contributed by atoms with Crippen LogP contribution in [0.1, 0.15) is 76.2 Å². The standard InChI is InChI=1S/C22H44N2O8.C13H29NO4.2CH4/c1-21(2,3)31-19(25)23(7)9-11-27-13-15-29-17-18-30-16-14-28-12-10-24(8)20(26)32-22(4,5)6;1-3-4-6-15-8-10-17-12-13-18-11-9-16-7-5-14-2;;/h9-18H2,1-8H3;14H,3-13H2,1-2H3;2*1H4. The number of carbonyl (C=O) groups is 2. The molecule has 0 fully saturated rings. The third kappa shape index (κ3) is 46.2. The average Bonchev–Trinajstić information content (AvgIpc) is 3.03. The minimum Gasteiger partial charge on any atom is -0.444 e. The molecule has 0 heterocycles. The Hall–Kier alpha value is -1.82. The maximum Gasteiger partial charge on any atom is 0.410 e. The molecule has 0 saturated heterocycles. The van der Waals surface area contributed by atoms with Gasteiger partial charge in [-0.1, -0.05) is 28.2 Å². The van der Waals surface area contributed by atoms with Gasteiger partial charge in [0.25, 0.3) is 0 Å². The molecule has 0 saturated carbocycles. The van der Waals surface area contributed by atoms with E-state index >= 15 is 0 Å². The van der Waals surface area contributed by atoms with Crippen LogP contribution in [-0.4, -0.2) is 180 Å². The van der Waals surface area contributed by atoms with Crippen LogP contribution >= 0.6 is 0 Å². The molecule has 0 aliphatic carbocycles. The van der Waals surface area contributed by atoms with Crippen LogP contribution in [0.4, 0.5) is 9.59 Å². The van der Waals surface area contributed by atoms with Gasteiger partial charge in [-0.3, -0.25) is 0 Å². The van der Waals surface area contributed by atoms with Gasteiger partial charge in [-0.2, -0.15) is 0 Å². The van der Waals surface area contributed by atoms with Crippen molar-refractivity contribution in [1.82, 2.24) is 15.1 Å². The number of hydrogen-bond acceptors (Lipinski definition) is 13. The second-order valence-electron chi connectivity index (χ2n) is 13.2. The zero-order valence-electron chi connectivity index (χ0n) is 33.1. The van der Waals surface area contributed by atoms with Gasteiger partial charge >= 0.3 is 12.2 Å². The summed E-state index contributed by atoms with van der Waals surface area (Å²) in [5.74, 6) is 0. The van der Waals surface area contributed by atoms with Gasteiger partial charge in [-0.25, -0.2) is 9.59 Å². The van der Waals surface area contributed by atoms with Crippen LogP contribution in [0.5, 0.6) is 0 Å². The second kappa shape index (κ2) is 38.9. The van der Waals surface area contributed by atoms with E-state index in [0.717, 1.165) is 26.2 Å². The summed E-state index contributed by atoms with van der Waals surface area (Å²) in [6, 6.07) is 0. The predicted molar refractivity (Wildman–Crippen MR) is 207 cm³/mol. The van der Waals surface area contributed by atoms with E-state index in [-0.39, 0.29) is 27.0 Å². The lowest BCUT2D eigenvalue weighted by atomic mass is 10.2. The molecule has 0 unspecified atom stereocenters. The summed E-state index contributed by atoms with van der Waals surface area (Å²) in [6.07, 6.45) is 1.56. The quantitative estimate of drug-likeness (QED) is 0.0968. The maximum absolute atomic E-state index is 11.8. The second-order valence-corrected chi connectivity index (χ2v) is 13.2. The summed E-state index contributed by atoms with van der Waals surface area (Å²) in [5, 5.41) is 3.01. The first-order valence-electron chi connectivity index (χ1n) is 17.9. The molecular formula is C37H81N3O12. The van der Waals surface area contributed by atoms with Crippen molar-refractivity contribution >= 4 is 12.2 Å². The molecule has 15 nitrogen and oxygen atoms in total. The Morgan fingerprint density at radius 2 is 0.750 bits per heavy atom. The molecule has 0 aromatic carbocycles. The number of likely N-dealkylation sites (N-methyl/N-ethyl adjacent to an activating group) is 3. The summed E-state index contributed by atoms with van der Waals surface area (Å²) in [7, 11) is 5.26. The number of nitrogens with one attached hydrogen (secondary N) is 1. The fourth-order valence-corrected chi connectivity index (χ4v) is 3.21. The van der Waals surface area contributed by atoms with E-state index in [1.807, 2.05) is 48.6 Å². The van der Waals surface area contributed by atoms with Gasteiger partial charge in [0.05, 0.1) is 99.1 Å². The van der Waals surface area contributed by atoms with Crippen molar-refractivity contribution in [3.8, 4) is 0 Å². The Labute approximate surface area is 317 Å². The third-order valence-electron chi connectivity index (χ3n) is 5.92. The van der Waals surface area contributed by atoms with E-state index < -0.39 is 11.2 Å². The SMILES string of the molecule is C.C.CCCCOCCOCCOCCOCCNC.CN(CCOCCOCCOCCOCCN(C)C(=O)OC(C)(C)C)C(=O)OC(C)(C)C. The Morgan fingerprint density at radius 3 is 1.02 bits per heavy atom. The van der Waals surface area contributed by atoms with Crippen LogP contribution in [0.25, 0.3) is 0 Å². The molecule has 0 bridgehead atoms. The highest BCUT2D eigenvalue weighted by Gasteiger charge is 2.20. The highest BCUT2D eigenvalue weighted by molar-refractivity contribution is 5.68. The minimum atomic E-state index is -0.507. The molecule has 52 heavy (non-hydrogen) atoms. The normalized spacial score (nSPS) is 11.1. The zero-order valence-corrected chi connectivity index (χ0v) is 33.1. The zero-order chi connectivity index (χ0) is 37.9. The molecule has 15 heteroatoms. The van der Waals surface area contributed by atoms with Gasteiger partial charge in [-0.05, 0) is 55.0 Å². The number of amides is 2. The molecular weight excluding hydrogens is 678 g/mol. The molecule has 0 aliphatic heterocycles. The fraction of sp³-hybridized carbons (Fsp3) is 0.946. The highest BCUT2D eigenvalue weighted by Crippen LogP contribution is 2.09. The lowest BCUT2D eigenvalue weighted by Crippen LogP contribution is -2.36. The van der Waals surface area contributed by atoms with Crippen LogP contribution in [0, 0.1) is 0 Å². The number of rotatable bonds is 30. The van der Waals surface area contributed by atoms with Crippen molar-refractivity contribution in [1.29, 1.82) is 0 Å². The first-order chi connectivity index (χ1) is 23.7. The predicted octanol–water partition coefficient (Wildman–Crippen LogP) is 5.13. The lowest BCUT2D eigenvalue weighted by molar-refractivity contribution is -0.00858. The monoisotopic (exact) mass is 760 g/mol. The first kappa shape index (κ1) is 56.9. The Morgan fingerprint density at radius 1 is 0.481 bits per heavy atom. The third-order valence-corrected chi connectivity index (χ3v) is 5.92. The Bertz CT molecular complexity index is 705. The number of hydrogen-bond donors (Lipinski definition) is 1. The van der Waals surface area contributed by atoms with Crippen LogP contribution in [0.3, 0.4) is 0 Å². The number of nitrogens with zero attached hydrogens (tertiary/aromatic N) is 2. The molecule has 0 aliphatic rings. The lowest BCUT2D eigenvalue weighted by Gasteiger charge is -2.24. The van der Waals surface area contributed by atoms with Crippen molar-refractivity contribution in [3.05, 3.63) is 0 Å². The van der Waals surface area contributed by atoms with Gasteiger partial charge in [0.2, 0.25) is 0 Å². The topological polar surface area (TPSA) is 145 Å².